The van der Waals surface area contributed by atoms with Crippen LogP contribution in [0.2, 0.25) is 0 Å². The summed E-state index contributed by atoms with van der Waals surface area (Å²) >= 11 is 1.38. The molecule has 0 aliphatic rings. The molecule has 0 atom stereocenters. The highest BCUT2D eigenvalue weighted by Gasteiger charge is 2.22. The lowest BCUT2D eigenvalue weighted by Gasteiger charge is -2.15. The number of carbonyl (C=O) groups is 1. The third-order valence-corrected chi connectivity index (χ3v) is 4.22. The molecule has 1 N–H and O–H groups in total. The maximum Gasteiger partial charge on any atom is 0.231 e. The Hall–Kier alpha value is -2.34. The Balaban J connectivity index is 1.89. The van der Waals surface area contributed by atoms with Gasteiger partial charge in [0.25, 0.3) is 0 Å². The van der Waals surface area contributed by atoms with Crippen molar-refractivity contribution in [3.05, 3.63) is 29.6 Å². The minimum atomic E-state index is -0.461. The molecular formula is C18H20N2O3S. The van der Waals surface area contributed by atoms with Crippen LogP contribution in [0, 0.1) is 5.41 Å². The number of thiazole rings is 1. The van der Waals surface area contributed by atoms with Crippen LogP contribution in [0.4, 0.5) is 5.13 Å². The normalized spacial score (nSPS) is 11.7. The molecule has 3 rings (SSSR count). The van der Waals surface area contributed by atoms with E-state index in [0.29, 0.717) is 28.8 Å². The molecule has 0 saturated carbocycles. The largest absolute Gasteiger partial charge is 0.490 e. The molecule has 3 aromatic rings. The molecule has 0 aliphatic heterocycles. The van der Waals surface area contributed by atoms with Gasteiger partial charge in [-0.05, 0) is 19.1 Å². The van der Waals surface area contributed by atoms with Crippen LogP contribution in [0.1, 0.15) is 27.7 Å². The number of aromatic nitrogens is 1. The molecule has 0 spiro atoms. The van der Waals surface area contributed by atoms with E-state index in [1.54, 1.807) is 0 Å². The van der Waals surface area contributed by atoms with Gasteiger partial charge in [0.15, 0.2) is 22.2 Å². The van der Waals surface area contributed by atoms with E-state index < -0.39 is 5.41 Å². The highest BCUT2D eigenvalue weighted by molar-refractivity contribution is 7.14. The number of hydrogen-bond donors (Lipinski definition) is 1. The number of furan rings is 1. The Morgan fingerprint density at radius 2 is 2.17 bits per heavy atom. The number of hydrogen-bond acceptors (Lipinski definition) is 5. The van der Waals surface area contributed by atoms with Gasteiger partial charge in [0.1, 0.15) is 5.69 Å². The highest BCUT2D eigenvalue weighted by Crippen LogP contribution is 2.34. The molecule has 0 fully saturated rings. The molecule has 6 heteroatoms. The van der Waals surface area contributed by atoms with E-state index >= 15 is 0 Å². The predicted octanol–water partition coefficient (Wildman–Crippen LogP) is 4.94. The van der Waals surface area contributed by atoms with Gasteiger partial charge in [-0.3, -0.25) is 4.79 Å². The summed E-state index contributed by atoms with van der Waals surface area (Å²) in [5.74, 6) is 1.31. The molecule has 24 heavy (non-hydrogen) atoms. The number of rotatable bonds is 4. The molecule has 1 amide bonds. The summed E-state index contributed by atoms with van der Waals surface area (Å²) in [6.45, 7) is 8.12. The number of ether oxygens (including phenoxy) is 1. The lowest BCUT2D eigenvalue weighted by Crippen LogP contribution is -2.27. The number of fused-ring (bicyclic) bond motifs is 1. The fraction of sp³-hybridized carbons (Fsp3) is 0.333. The lowest BCUT2D eigenvalue weighted by molar-refractivity contribution is -0.123. The SMILES string of the molecule is CCOc1cccc2cc(-c3csc(NC(=O)C(C)(C)C)n3)oc12. The number of carbonyl (C=O) groups excluding carboxylic acids is 1. The van der Waals surface area contributed by atoms with Gasteiger partial charge in [0, 0.05) is 16.2 Å². The fourth-order valence-electron chi connectivity index (χ4n) is 2.16. The third kappa shape index (κ3) is 3.28. The lowest BCUT2D eigenvalue weighted by atomic mass is 9.96. The van der Waals surface area contributed by atoms with Crippen LogP contribution in [0.5, 0.6) is 5.75 Å². The van der Waals surface area contributed by atoms with E-state index in [9.17, 15) is 4.79 Å². The molecule has 0 radical (unpaired) electrons. The van der Waals surface area contributed by atoms with Gasteiger partial charge >= 0.3 is 0 Å². The maximum atomic E-state index is 12.1. The van der Waals surface area contributed by atoms with Crippen LogP contribution in [-0.2, 0) is 4.79 Å². The van der Waals surface area contributed by atoms with Crippen LogP contribution in [0.3, 0.4) is 0 Å². The second kappa shape index (κ2) is 6.28. The standard InChI is InChI=1S/C18H20N2O3S/c1-5-22-13-8-6-7-11-9-14(23-15(11)13)12-10-24-17(19-12)20-16(21)18(2,3)4/h6-10H,5H2,1-4H3,(H,19,20,21). The molecule has 1 aromatic carbocycles. The Labute approximate surface area is 144 Å². The van der Waals surface area contributed by atoms with Crippen molar-refractivity contribution in [1.29, 1.82) is 0 Å². The van der Waals surface area contributed by atoms with E-state index in [2.05, 4.69) is 10.3 Å². The molecule has 0 bridgehead atoms. The minimum Gasteiger partial charge on any atom is -0.490 e. The quantitative estimate of drug-likeness (QED) is 0.728. The first kappa shape index (κ1) is 16.5. The molecule has 0 saturated heterocycles. The summed E-state index contributed by atoms with van der Waals surface area (Å²) in [7, 11) is 0. The van der Waals surface area contributed by atoms with E-state index in [1.807, 2.05) is 57.3 Å². The van der Waals surface area contributed by atoms with Gasteiger partial charge in [0.2, 0.25) is 5.91 Å². The van der Waals surface area contributed by atoms with Gasteiger partial charge < -0.3 is 14.5 Å². The number of nitrogens with zero attached hydrogens (tertiary/aromatic N) is 1. The van der Waals surface area contributed by atoms with Gasteiger partial charge in [-0.2, -0.15) is 0 Å². The van der Waals surface area contributed by atoms with Crippen molar-refractivity contribution in [2.24, 2.45) is 5.41 Å². The van der Waals surface area contributed by atoms with E-state index in [1.165, 1.54) is 11.3 Å². The Kier molecular flexibility index (Phi) is 4.32. The van der Waals surface area contributed by atoms with Gasteiger partial charge in [-0.1, -0.05) is 32.9 Å². The topological polar surface area (TPSA) is 64.4 Å². The molecular weight excluding hydrogens is 324 g/mol. The van der Waals surface area contributed by atoms with E-state index in [4.69, 9.17) is 9.15 Å². The summed E-state index contributed by atoms with van der Waals surface area (Å²) in [5, 5.41) is 6.24. The molecule has 126 valence electrons. The summed E-state index contributed by atoms with van der Waals surface area (Å²) in [4.78, 5) is 16.5. The number of anilines is 1. The average Bonchev–Trinajstić information content (AvgIpc) is 3.13. The predicted molar refractivity (Wildman–Crippen MR) is 96.6 cm³/mol. The molecule has 2 heterocycles. The number of benzene rings is 1. The molecule has 0 aliphatic carbocycles. The zero-order chi connectivity index (χ0) is 17.3. The number of para-hydroxylation sites is 1. The first-order chi connectivity index (χ1) is 11.4. The Morgan fingerprint density at radius 3 is 2.88 bits per heavy atom. The molecule has 0 unspecified atom stereocenters. The van der Waals surface area contributed by atoms with Crippen molar-refractivity contribution in [3.63, 3.8) is 0 Å². The van der Waals surface area contributed by atoms with E-state index in [-0.39, 0.29) is 5.91 Å². The molecule has 5 nitrogen and oxygen atoms in total. The van der Waals surface area contributed by atoms with Crippen molar-refractivity contribution >= 4 is 33.3 Å². The van der Waals surface area contributed by atoms with Gasteiger partial charge in [-0.15, -0.1) is 11.3 Å². The first-order valence-electron chi connectivity index (χ1n) is 7.81. The summed E-state index contributed by atoms with van der Waals surface area (Å²) in [6.07, 6.45) is 0. The number of amides is 1. The second-order valence-corrected chi connectivity index (χ2v) is 7.32. The van der Waals surface area contributed by atoms with Crippen LogP contribution < -0.4 is 10.1 Å². The van der Waals surface area contributed by atoms with Crippen LogP contribution >= 0.6 is 11.3 Å². The Morgan fingerprint density at radius 1 is 1.38 bits per heavy atom. The average molecular weight is 344 g/mol. The van der Waals surface area contributed by atoms with Crippen LogP contribution in [0.25, 0.3) is 22.4 Å². The minimum absolute atomic E-state index is 0.0633. The Bertz CT molecular complexity index is 874. The monoisotopic (exact) mass is 344 g/mol. The van der Waals surface area contributed by atoms with Crippen molar-refractivity contribution in [2.75, 3.05) is 11.9 Å². The van der Waals surface area contributed by atoms with Crippen molar-refractivity contribution in [1.82, 2.24) is 4.98 Å². The van der Waals surface area contributed by atoms with Gasteiger partial charge in [-0.25, -0.2) is 4.98 Å². The van der Waals surface area contributed by atoms with Gasteiger partial charge in [0.05, 0.1) is 6.61 Å². The third-order valence-electron chi connectivity index (χ3n) is 3.47. The summed E-state index contributed by atoms with van der Waals surface area (Å²) in [5.41, 5.74) is 0.947. The zero-order valence-corrected chi connectivity index (χ0v) is 15.0. The zero-order valence-electron chi connectivity index (χ0n) is 14.2. The summed E-state index contributed by atoms with van der Waals surface area (Å²) in [6, 6.07) is 7.72. The number of nitrogens with one attached hydrogen (secondary N) is 1. The summed E-state index contributed by atoms with van der Waals surface area (Å²) < 4.78 is 11.5. The maximum absolute atomic E-state index is 12.1. The smallest absolute Gasteiger partial charge is 0.231 e. The molecule has 2 aromatic heterocycles. The fourth-order valence-corrected chi connectivity index (χ4v) is 2.86. The first-order valence-corrected chi connectivity index (χ1v) is 8.69. The van der Waals surface area contributed by atoms with E-state index in [0.717, 1.165) is 11.1 Å². The van der Waals surface area contributed by atoms with Crippen LogP contribution in [-0.4, -0.2) is 17.5 Å². The van der Waals surface area contributed by atoms with Crippen molar-refractivity contribution < 1.29 is 13.9 Å². The second-order valence-electron chi connectivity index (χ2n) is 6.46. The van der Waals surface area contributed by atoms with Crippen molar-refractivity contribution in [2.45, 2.75) is 27.7 Å². The van der Waals surface area contributed by atoms with Crippen LogP contribution in [0.15, 0.2) is 34.1 Å². The highest BCUT2D eigenvalue weighted by atomic mass is 32.1. The van der Waals surface area contributed by atoms with Crippen molar-refractivity contribution in [3.8, 4) is 17.2 Å².